The monoisotopic (exact) mass is 413 g/mol. The summed E-state index contributed by atoms with van der Waals surface area (Å²) >= 11 is 0. The first kappa shape index (κ1) is 22.3. The molecule has 5 heteroatoms. The fourth-order valence-electron chi connectivity index (χ4n) is 4.13. The van der Waals surface area contributed by atoms with Gasteiger partial charge >= 0.3 is 0 Å². The predicted octanol–water partition coefficient (Wildman–Crippen LogP) is 5.34. The van der Waals surface area contributed by atoms with Crippen molar-refractivity contribution in [2.75, 3.05) is 27.9 Å². The summed E-state index contributed by atoms with van der Waals surface area (Å²) in [7, 11) is 4.91. The maximum atomic E-state index is 6.41. The lowest BCUT2D eigenvalue weighted by molar-refractivity contribution is 0.00990. The second kappa shape index (κ2) is 9.17. The Bertz CT molecular complexity index is 841. The summed E-state index contributed by atoms with van der Waals surface area (Å²) in [4.78, 5) is 0. The number of benzene rings is 2. The van der Waals surface area contributed by atoms with E-state index in [2.05, 4.69) is 51.2 Å². The highest BCUT2D eigenvalue weighted by molar-refractivity contribution is 5.54. The largest absolute Gasteiger partial charge is 0.493 e. The smallest absolute Gasteiger partial charge is 0.203 e. The summed E-state index contributed by atoms with van der Waals surface area (Å²) in [6.45, 7) is 9.71. The zero-order valence-electron chi connectivity index (χ0n) is 19.2. The standard InChI is InChI=1S/C25H35NO4/c1-16(2)25(4)14-19(20-10-8-9-11-21(20)30-25)15-26-17(3)18-12-22(27-5)24(29-7)23(13-18)28-6/h8-13,16-17,19,26H,14-15H2,1-7H3/t17?,19-,25?/m0/s1. The lowest BCUT2D eigenvalue weighted by atomic mass is 9.77. The van der Waals surface area contributed by atoms with Crippen LogP contribution in [0.1, 0.15) is 57.2 Å². The van der Waals surface area contributed by atoms with E-state index >= 15 is 0 Å². The summed E-state index contributed by atoms with van der Waals surface area (Å²) < 4.78 is 22.9. The number of fused-ring (bicyclic) bond motifs is 1. The summed E-state index contributed by atoms with van der Waals surface area (Å²) in [5, 5.41) is 3.72. The van der Waals surface area contributed by atoms with Crippen LogP contribution in [0.5, 0.6) is 23.0 Å². The number of para-hydroxylation sites is 1. The Balaban J connectivity index is 1.81. The molecular weight excluding hydrogens is 378 g/mol. The minimum absolute atomic E-state index is 0.124. The quantitative estimate of drug-likeness (QED) is 0.633. The highest BCUT2D eigenvalue weighted by atomic mass is 16.5. The van der Waals surface area contributed by atoms with Gasteiger partial charge < -0.3 is 24.3 Å². The second-order valence-electron chi connectivity index (χ2n) is 8.60. The van der Waals surface area contributed by atoms with Gasteiger partial charge in [-0.05, 0) is 55.5 Å². The van der Waals surface area contributed by atoms with Gasteiger partial charge in [-0.15, -0.1) is 0 Å². The van der Waals surface area contributed by atoms with Crippen LogP contribution in [0.3, 0.4) is 0 Å². The Hall–Kier alpha value is -2.40. The number of hydrogen-bond donors (Lipinski definition) is 1. The molecule has 3 rings (SSSR count). The van der Waals surface area contributed by atoms with Gasteiger partial charge in [0.15, 0.2) is 11.5 Å². The van der Waals surface area contributed by atoms with Crippen molar-refractivity contribution in [3.63, 3.8) is 0 Å². The molecule has 164 valence electrons. The first-order chi connectivity index (χ1) is 14.3. The lowest BCUT2D eigenvalue weighted by Gasteiger charge is -2.43. The fourth-order valence-corrected chi connectivity index (χ4v) is 4.13. The molecule has 5 nitrogen and oxygen atoms in total. The molecule has 1 N–H and O–H groups in total. The highest BCUT2D eigenvalue weighted by Gasteiger charge is 2.39. The number of ether oxygens (including phenoxy) is 4. The molecule has 2 aromatic carbocycles. The molecule has 1 aliphatic rings. The average Bonchev–Trinajstić information content (AvgIpc) is 2.75. The third-order valence-electron chi connectivity index (χ3n) is 6.43. The van der Waals surface area contributed by atoms with Crippen LogP contribution in [0.25, 0.3) is 0 Å². The molecule has 1 heterocycles. The van der Waals surface area contributed by atoms with Gasteiger partial charge in [-0.25, -0.2) is 0 Å². The number of hydrogen-bond acceptors (Lipinski definition) is 5. The van der Waals surface area contributed by atoms with Crippen LogP contribution in [0.15, 0.2) is 36.4 Å². The SMILES string of the molecule is COc1cc(C(C)NC[C@@H]2CC(C)(C(C)C)Oc3ccccc32)cc(OC)c1OC. The molecule has 2 unspecified atom stereocenters. The normalized spacial score (nSPS) is 21.5. The van der Waals surface area contributed by atoms with Gasteiger partial charge in [-0.3, -0.25) is 0 Å². The van der Waals surface area contributed by atoms with Gasteiger partial charge in [0.1, 0.15) is 11.4 Å². The van der Waals surface area contributed by atoms with Crippen molar-refractivity contribution < 1.29 is 18.9 Å². The van der Waals surface area contributed by atoms with Crippen molar-refractivity contribution in [3.8, 4) is 23.0 Å². The van der Waals surface area contributed by atoms with Crippen LogP contribution in [-0.4, -0.2) is 33.5 Å². The Kier molecular flexibility index (Phi) is 6.81. The molecule has 0 saturated carbocycles. The topological polar surface area (TPSA) is 49.0 Å². The van der Waals surface area contributed by atoms with Gasteiger partial charge in [0.25, 0.3) is 0 Å². The summed E-state index contributed by atoms with van der Waals surface area (Å²) in [5.41, 5.74) is 2.20. The number of nitrogens with one attached hydrogen (secondary N) is 1. The molecule has 1 aliphatic heterocycles. The predicted molar refractivity (Wildman–Crippen MR) is 120 cm³/mol. The van der Waals surface area contributed by atoms with Crippen molar-refractivity contribution in [3.05, 3.63) is 47.5 Å². The van der Waals surface area contributed by atoms with Crippen molar-refractivity contribution in [2.45, 2.75) is 51.7 Å². The van der Waals surface area contributed by atoms with Gasteiger partial charge in [0.2, 0.25) is 5.75 Å². The van der Waals surface area contributed by atoms with Crippen LogP contribution in [0, 0.1) is 5.92 Å². The van der Waals surface area contributed by atoms with E-state index in [0.29, 0.717) is 29.1 Å². The van der Waals surface area contributed by atoms with E-state index in [1.165, 1.54) is 5.56 Å². The first-order valence-electron chi connectivity index (χ1n) is 10.6. The van der Waals surface area contributed by atoms with E-state index in [4.69, 9.17) is 18.9 Å². The average molecular weight is 414 g/mol. The maximum absolute atomic E-state index is 6.41. The highest BCUT2D eigenvalue weighted by Crippen LogP contribution is 2.44. The molecule has 30 heavy (non-hydrogen) atoms. The van der Waals surface area contributed by atoms with Crippen molar-refractivity contribution in [2.24, 2.45) is 5.92 Å². The van der Waals surface area contributed by atoms with E-state index in [1.807, 2.05) is 18.2 Å². The molecule has 0 aliphatic carbocycles. The molecule has 2 aromatic rings. The van der Waals surface area contributed by atoms with E-state index in [0.717, 1.165) is 24.3 Å². The molecule has 0 aromatic heterocycles. The molecule has 0 amide bonds. The van der Waals surface area contributed by atoms with Gasteiger partial charge in [0.05, 0.1) is 21.3 Å². The molecule has 0 radical (unpaired) electrons. The zero-order valence-corrected chi connectivity index (χ0v) is 19.2. The van der Waals surface area contributed by atoms with Crippen molar-refractivity contribution >= 4 is 0 Å². The van der Waals surface area contributed by atoms with Crippen LogP contribution in [0.2, 0.25) is 0 Å². The minimum Gasteiger partial charge on any atom is -0.493 e. The maximum Gasteiger partial charge on any atom is 0.203 e. The summed E-state index contributed by atoms with van der Waals surface area (Å²) in [6, 6.07) is 12.6. The van der Waals surface area contributed by atoms with Crippen LogP contribution < -0.4 is 24.3 Å². The first-order valence-corrected chi connectivity index (χ1v) is 10.6. The van der Waals surface area contributed by atoms with Crippen LogP contribution in [-0.2, 0) is 0 Å². The van der Waals surface area contributed by atoms with E-state index in [9.17, 15) is 0 Å². The third kappa shape index (κ3) is 4.36. The van der Waals surface area contributed by atoms with E-state index in [-0.39, 0.29) is 11.6 Å². The molecule has 0 fully saturated rings. The third-order valence-corrected chi connectivity index (χ3v) is 6.43. The van der Waals surface area contributed by atoms with E-state index in [1.54, 1.807) is 21.3 Å². The lowest BCUT2D eigenvalue weighted by Crippen LogP contribution is -2.44. The number of rotatable bonds is 8. The molecular formula is C25H35NO4. The zero-order chi connectivity index (χ0) is 21.9. The summed E-state index contributed by atoms with van der Waals surface area (Å²) in [6.07, 6.45) is 0.983. The van der Waals surface area contributed by atoms with Gasteiger partial charge in [-0.2, -0.15) is 0 Å². The van der Waals surface area contributed by atoms with Gasteiger partial charge in [0, 0.05) is 18.5 Å². The van der Waals surface area contributed by atoms with Crippen LogP contribution >= 0.6 is 0 Å². The Morgan fingerprint density at radius 2 is 1.67 bits per heavy atom. The fraction of sp³-hybridized carbons (Fsp3) is 0.520. The molecule has 0 bridgehead atoms. The van der Waals surface area contributed by atoms with Crippen molar-refractivity contribution in [1.29, 1.82) is 0 Å². The number of methoxy groups -OCH3 is 3. The van der Waals surface area contributed by atoms with Crippen molar-refractivity contribution in [1.82, 2.24) is 5.32 Å². The Morgan fingerprint density at radius 3 is 2.23 bits per heavy atom. The van der Waals surface area contributed by atoms with E-state index < -0.39 is 0 Å². The minimum atomic E-state index is -0.170. The second-order valence-corrected chi connectivity index (χ2v) is 8.60. The summed E-state index contributed by atoms with van der Waals surface area (Å²) in [5.74, 6) is 3.77. The molecule has 0 saturated heterocycles. The Morgan fingerprint density at radius 1 is 1.03 bits per heavy atom. The van der Waals surface area contributed by atoms with Gasteiger partial charge in [-0.1, -0.05) is 32.0 Å². The van der Waals surface area contributed by atoms with Crippen LogP contribution in [0.4, 0.5) is 0 Å². The molecule has 0 spiro atoms. The molecule has 3 atom stereocenters. The Labute approximate surface area is 180 Å².